The van der Waals surface area contributed by atoms with Crippen LogP contribution in [0.5, 0.6) is 11.5 Å². The summed E-state index contributed by atoms with van der Waals surface area (Å²) in [5, 5.41) is -0.0420. The van der Waals surface area contributed by atoms with Crippen LogP contribution in [0, 0.1) is 13.8 Å². The van der Waals surface area contributed by atoms with Crippen molar-refractivity contribution < 1.29 is 19.1 Å². The first-order chi connectivity index (χ1) is 12.4. The Balaban J connectivity index is 1.85. The van der Waals surface area contributed by atoms with Crippen LogP contribution < -0.4 is 14.4 Å². The molecule has 0 unspecified atom stereocenters. The van der Waals surface area contributed by atoms with Crippen molar-refractivity contribution in [2.75, 3.05) is 19.1 Å². The molecular weight excluding hydrogens is 354 g/mol. The second-order valence-corrected chi connectivity index (χ2v) is 7.02. The van der Waals surface area contributed by atoms with Crippen molar-refractivity contribution >= 4 is 29.3 Å². The number of hydrogen-bond acceptors (Lipinski definition) is 7. The number of benzene rings is 1. The van der Waals surface area contributed by atoms with Gasteiger partial charge in [-0.2, -0.15) is 0 Å². The van der Waals surface area contributed by atoms with Crippen LogP contribution in [0.3, 0.4) is 0 Å². The number of aromatic nitrogens is 2. The molecule has 1 fully saturated rings. The minimum absolute atomic E-state index is 0.105. The highest BCUT2D eigenvalue weighted by atomic mass is 32.2. The van der Waals surface area contributed by atoms with Crippen LogP contribution in [0.4, 0.5) is 5.69 Å². The summed E-state index contributed by atoms with van der Waals surface area (Å²) >= 11 is 1.22. The van der Waals surface area contributed by atoms with Crippen LogP contribution >= 0.6 is 11.8 Å². The second kappa shape index (κ2) is 7.33. The molecule has 1 saturated heterocycles. The number of rotatable bonds is 5. The highest BCUT2D eigenvalue weighted by Gasteiger charge is 2.41. The van der Waals surface area contributed by atoms with E-state index in [1.807, 2.05) is 19.9 Å². The van der Waals surface area contributed by atoms with Gasteiger partial charge in [-0.25, -0.2) is 14.9 Å². The minimum atomic E-state index is -0.545. The highest BCUT2D eigenvalue weighted by molar-refractivity contribution is 8.00. The van der Waals surface area contributed by atoms with Gasteiger partial charge in [-0.15, -0.1) is 0 Å². The maximum Gasteiger partial charge on any atom is 0.247 e. The Kier molecular flexibility index (Phi) is 5.13. The Morgan fingerprint density at radius 1 is 1.04 bits per heavy atom. The lowest BCUT2D eigenvalue weighted by Crippen LogP contribution is -2.31. The third kappa shape index (κ3) is 3.50. The number of carbonyl (C=O) groups excluding carboxylic acids is 2. The summed E-state index contributed by atoms with van der Waals surface area (Å²) in [6, 6.07) is 6.82. The lowest BCUT2D eigenvalue weighted by Gasteiger charge is -2.17. The normalized spacial score (nSPS) is 16.9. The van der Waals surface area contributed by atoms with E-state index in [9.17, 15) is 9.59 Å². The molecule has 0 saturated carbocycles. The molecule has 26 heavy (non-hydrogen) atoms. The number of methoxy groups -OCH3 is 2. The van der Waals surface area contributed by atoms with Gasteiger partial charge in [0.1, 0.15) is 5.25 Å². The molecule has 2 aromatic rings. The van der Waals surface area contributed by atoms with E-state index in [-0.39, 0.29) is 18.2 Å². The SMILES string of the molecule is COc1ccc(N2C(=O)C[C@@H](Sc3nc(C)cc(C)n3)C2=O)cc1OC. The fourth-order valence-electron chi connectivity index (χ4n) is 2.80. The standard InChI is InChI=1S/C18H19N3O4S/c1-10-7-11(2)20-18(19-10)26-15-9-16(22)21(17(15)23)12-5-6-13(24-3)14(8-12)25-4/h5-8,15H,9H2,1-4H3/t15-/m1/s1. The van der Waals surface area contributed by atoms with Crippen molar-refractivity contribution in [3.63, 3.8) is 0 Å². The summed E-state index contributed by atoms with van der Waals surface area (Å²) in [4.78, 5) is 35.1. The van der Waals surface area contributed by atoms with E-state index in [4.69, 9.17) is 9.47 Å². The van der Waals surface area contributed by atoms with Crippen molar-refractivity contribution in [2.24, 2.45) is 0 Å². The van der Waals surface area contributed by atoms with Gasteiger partial charge in [-0.3, -0.25) is 9.59 Å². The number of imide groups is 1. The zero-order valence-electron chi connectivity index (χ0n) is 15.0. The Morgan fingerprint density at radius 3 is 2.31 bits per heavy atom. The number of anilines is 1. The third-order valence-corrected chi connectivity index (χ3v) is 4.99. The van der Waals surface area contributed by atoms with Crippen LogP contribution in [0.2, 0.25) is 0 Å². The number of hydrogen-bond donors (Lipinski definition) is 0. The van der Waals surface area contributed by atoms with Gasteiger partial charge in [0.05, 0.1) is 19.9 Å². The summed E-state index contributed by atoms with van der Waals surface area (Å²) in [7, 11) is 3.03. The summed E-state index contributed by atoms with van der Waals surface area (Å²) in [5.41, 5.74) is 2.11. The summed E-state index contributed by atoms with van der Waals surface area (Å²) in [6.07, 6.45) is 0.105. The maximum absolute atomic E-state index is 12.8. The minimum Gasteiger partial charge on any atom is -0.493 e. The van der Waals surface area contributed by atoms with Crippen molar-refractivity contribution in [2.45, 2.75) is 30.7 Å². The molecule has 1 atom stereocenters. The van der Waals surface area contributed by atoms with E-state index in [0.29, 0.717) is 22.3 Å². The fourth-order valence-corrected chi connectivity index (χ4v) is 3.88. The molecule has 8 heteroatoms. The largest absolute Gasteiger partial charge is 0.493 e. The average molecular weight is 373 g/mol. The second-order valence-electron chi connectivity index (χ2n) is 5.85. The van der Waals surface area contributed by atoms with Gasteiger partial charge in [0.25, 0.3) is 0 Å². The molecule has 3 rings (SSSR count). The highest BCUT2D eigenvalue weighted by Crippen LogP contribution is 2.36. The van der Waals surface area contributed by atoms with E-state index < -0.39 is 5.25 Å². The zero-order chi connectivity index (χ0) is 18.8. The number of carbonyl (C=O) groups is 2. The summed E-state index contributed by atoms with van der Waals surface area (Å²) < 4.78 is 10.5. The number of thioether (sulfide) groups is 1. The molecule has 2 heterocycles. The molecule has 0 aliphatic carbocycles. The van der Waals surface area contributed by atoms with E-state index in [1.165, 1.54) is 30.9 Å². The van der Waals surface area contributed by atoms with Crippen molar-refractivity contribution in [1.29, 1.82) is 0 Å². The van der Waals surface area contributed by atoms with Crippen molar-refractivity contribution in [3.05, 3.63) is 35.7 Å². The Morgan fingerprint density at radius 2 is 1.69 bits per heavy atom. The Labute approximate surface area is 155 Å². The molecule has 1 aliphatic heterocycles. The van der Waals surface area contributed by atoms with Gasteiger partial charge >= 0.3 is 0 Å². The van der Waals surface area contributed by atoms with Crippen LogP contribution in [-0.2, 0) is 9.59 Å². The van der Waals surface area contributed by atoms with Gasteiger partial charge in [0.2, 0.25) is 11.8 Å². The molecule has 1 aromatic heterocycles. The molecule has 0 bridgehead atoms. The predicted octanol–water partition coefficient (Wildman–Crippen LogP) is 2.53. The van der Waals surface area contributed by atoms with Crippen LogP contribution in [-0.4, -0.2) is 41.3 Å². The molecule has 1 aromatic carbocycles. The van der Waals surface area contributed by atoms with Gasteiger partial charge < -0.3 is 9.47 Å². The zero-order valence-corrected chi connectivity index (χ0v) is 15.8. The molecule has 0 radical (unpaired) electrons. The quantitative estimate of drug-likeness (QED) is 0.588. The maximum atomic E-state index is 12.8. The first kappa shape index (κ1) is 18.2. The van der Waals surface area contributed by atoms with Gasteiger partial charge in [0, 0.05) is 23.9 Å². The summed E-state index contributed by atoms with van der Waals surface area (Å²) in [5.74, 6) is 0.448. The fraction of sp³-hybridized carbons (Fsp3) is 0.333. The van der Waals surface area contributed by atoms with Gasteiger partial charge in [0.15, 0.2) is 16.7 Å². The van der Waals surface area contributed by atoms with Crippen LogP contribution in [0.1, 0.15) is 17.8 Å². The topological polar surface area (TPSA) is 81.6 Å². The summed E-state index contributed by atoms with van der Waals surface area (Å²) in [6.45, 7) is 3.74. The predicted molar refractivity (Wildman–Crippen MR) is 97.8 cm³/mol. The first-order valence-electron chi connectivity index (χ1n) is 8.00. The van der Waals surface area contributed by atoms with E-state index in [0.717, 1.165) is 11.4 Å². The molecule has 2 amide bonds. The lowest BCUT2D eigenvalue weighted by atomic mass is 10.2. The Hall–Kier alpha value is -2.61. The van der Waals surface area contributed by atoms with Gasteiger partial charge in [-0.05, 0) is 32.0 Å². The molecular formula is C18H19N3O4S. The molecule has 0 N–H and O–H groups in total. The number of amides is 2. The monoisotopic (exact) mass is 373 g/mol. The average Bonchev–Trinajstić information content (AvgIpc) is 2.87. The molecule has 7 nitrogen and oxygen atoms in total. The third-order valence-electron chi connectivity index (χ3n) is 3.94. The smallest absolute Gasteiger partial charge is 0.247 e. The number of nitrogens with zero attached hydrogens (tertiary/aromatic N) is 3. The van der Waals surface area contributed by atoms with Gasteiger partial charge in [-0.1, -0.05) is 11.8 Å². The van der Waals surface area contributed by atoms with Crippen LogP contribution in [0.25, 0.3) is 0 Å². The molecule has 0 spiro atoms. The van der Waals surface area contributed by atoms with Crippen molar-refractivity contribution in [3.8, 4) is 11.5 Å². The van der Waals surface area contributed by atoms with Crippen LogP contribution in [0.15, 0.2) is 29.4 Å². The number of aryl methyl sites for hydroxylation is 2. The van der Waals surface area contributed by atoms with E-state index >= 15 is 0 Å². The van der Waals surface area contributed by atoms with Crippen molar-refractivity contribution in [1.82, 2.24) is 9.97 Å². The first-order valence-corrected chi connectivity index (χ1v) is 8.88. The number of ether oxygens (including phenoxy) is 2. The molecule has 136 valence electrons. The Bertz CT molecular complexity index is 851. The lowest BCUT2D eigenvalue weighted by molar-refractivity contribution is -0.121. The molecule has 1 aliphatic rings. The van der Waals surface area contributed by atoms with E-state index in [2.05, 4.69) is 9.97 Å². The van der Waals surface area contributed by atoms with E-state index in [1.54, 1.807) is 18.2 Å².